The number of rotatable bonds is 5. The molecule has 2 aromatic rings. The van der Waals surface area contributed by atoms with Crippen molar-refractivity contribution in [3.05, 3.63) is 80.5 Å². The minimum absolute atomic E-state index is 0.0221. The van der Waals surface area contributed by atoms with Crippen LogP contribution in [0.1, 0.15) is 20.3 Å². The van der Waals surface area contributed by atoms with E-state index >= 15 is 0 Å². The average molecular weight is 479 g/mol. The maximum absolute atomic E-state index is 13.5. The first kappa shape index (κ1) is 20.5. The van der Waals surface area contributed by atoms with E-state index in [9.17, 15) is 12.6 Å². The third-order valence-corrected chi connectivity index (χ3v) is 11.0. The van der Waals surface area contributed by atoms with E-state index in [-0.39, 0.29) is 22.1 Å². The Morgan fingerprint density at radius 2 is 1.50 bits per heavy atom. The van der Waals surface area contributed by atoms with E-state index in [0.29, 0.717) is 19.8 Å². The highest BCUT2D eigenvalue weighted by atomic mass is 35.5. The van der Waals surface area contributed by atoms with Crippen molar-refractivity contribution in [2.45, 2.75) is 30.1 Å². The van der Waals surface area contributed by atoms with Gasteiger partial charge in [-0.3, -0.25) is 0 Å². The predicted molar refractivity (Wildman–Crippen MR) is 120 cm³/mol. The van der Waals surface area contributed by atoms with Crippen molar-refractivity contribution in [3.63, 3.8) is 0 Å². The molecule has 7 heteroatoms. The first-order valence-electron chi connectivity index (χ1n) is 9.79. The van der Waals surface area contributed by atoms with Crippen LogP contribution in [0.5, 0.6) is 0 Å². The summed E-state index contributed by atoms with van der Waals surface area (Å²) in [6.07, 6.45) is 4.77. The summed E-state index contributed by atoms with van der Waals surface area (Å²) in [5.74, 6) is -0.157. The van der Waals surface area contributed by atoms with Gasteiger partial charge in [0.2, 0.25) is 9.84 Å². The fourth-order valence-corrected chi connectivity index (χ4v) is 9.39. The first-order valence-corrected chi connectivity index (χ1v) is 13.2. The van der Waals surface area contributed by atoms with Gasteiger partial charge in [-0.2, -0.15) is 0 Å². The summed E-state index contributed by atoms with van der Waals surface area (Å²) in [6, 6.07) is 13.3. The van der Waals surface area contributed by atoms with Crippen LogP contribution in [0.15, 0.2) is 80.3 Å². The van der Waals surface area contributed by atoms with Gasteiger partial charge in [-0.25, -0.2) is 12.6 Å². The van der Waals surface area contributed by atoms with E-state index in [1.54, 1.807) is 48.5 Å². The topological polar surface area (TPSA) is 51.2 Å². The fraction of sp³-hybridized carbons (Fsp3) is 0.304. The summed E-state index contributed by atoms with van der Waals surface area (Å²) < 4.78 is 40.3. The lowest BCUT2D eigenvalue weighted by molar-refractivity contribution is 0.289. The van der Waals surface area contributed by atoms with E-state index < -0.39 is 26.1 Å². The SMILES string of the molecule is CCC12C3C(S(=O)c4ccc(Cl)cc4)=CC1(C)C=C(S(=O)(=O)c1ccc(Cl)cc1)C32. The molecule has 0 radical (unpaired) electrons. The normalized spacial score (nSPS) is 32.4. The summed E-state index contributed by atoms with van der Waals surface area (Å²) >= 11 is 11.9. The summed E-state index contributed by atoms with van der Waals surface area (Å²) in [4.78, 5) is 2.23. The van der Waals surface area contributed by atoms with Gasteiger partial charge in [0.1, 0.15) is 0 Å². The highest BCUT2D eigenvalue weighted by Gasteiger charge is 2.80. The Morgan fingerprint density at radius 3 is 2.03 bits per heavy atom. The number of hydrogen-bond acceptors (Lipinski definition) is 3. The average Bonchev–Trinajstić information content (AvgIpc) is 3.27. The molecule has 5 atom stereocenters. The van der Waals surface area contributed by atoms with E-state index in [4.69, 9.17) is 23.2 Å². The molecular weight excluding hydrogens is 459 g/mol. The molecule has 1 saturated carbocycles. The third-order valence-electron chi connectivity index (χ3n) is 7.10. The minimum atomic E-state index is -3.64. The van der Waals surface area contributed by atoms with E-state index in [1.807, 2.05) is 12.2 Å². The predicted octanol–water partition coefficient (Wildman–Crippen LogP) is 6.02. The summed E-state index contributed by atoms with van der Waals surface area (Å²) in [5, 5.41) is 1.09. The molecule has 0 heterocycles. The van der Waals surface area contributed by atoms with Crippen LogP contribution in [0.3, 0.4) is 0 Å². The molecule has 30 heavy (non-hydrogen) atoms. The Morgan fingerprint density at radius 1 is 0.933 bits per heavy atom. The van der Waals surface area contributed by atoms with Gasteiger partial charge < -0.3 is 0 Å². The molecule has 3 aliphatic carbocycles. The van der Waals surface area contributed by atoms with E-state index in [1.165, 1.54) is 0 Å². The molecule has 0 saturated heterocycles. The van der Waals surface area contributed by atoms with Crippen molar-refractivity contribution < 1.29 is 12.6 Å². The van der Waals surface area contributed by atoms with E-state index in [0.717, 1.165) is 11.3 Å². The van der Waals surface area contributed by atoms with Gasteiger partial charge in [-0.15, -0.1) is 0 Å². The molecule has 2 aromatic carbocycles. The summed E-state index contributed by atoms with van der Waals surface area (Å²) in [7, 11) is -4.98. The Hall–Kier alpha value is -1.40. The largest absolute Gasteiger partial charge is 0.249 e. The molecule has 5 rings (SSSR count). The van der Waals surface area contributed by atoms with Gasteiger partial charge in [0.25, 0.3) is 0 Å². The molecule has 0 aliphatic heterocycles. The quantitative estimate of drug-likeness (QED) is 0.527. The number of benzene rings is 2. The van der Waals surface area contributed by atoms with Gasteiger partial charge in [0.05, 0.1) is 20.6 Å². The zero-order valence-corrected chi connectivity index (χ0v) is 19.6. The van der Waals surface area contributed by atoms with Crippen molar-refractivity contribution in [1.29, 1.82) is 0 Å². The van der Waals surface area contributed by atoms with Gasteiger partial charge in [-0.1, -0.05) is 49.2 Å². The number of allylic oxidation sites excluding steroid dienone is 4. The lowest BCUT2D eigenvalue weighted by Crippen LogP contribution is -2.21. The van der Waals surface area contributed by atoms with Crippen LogP contribution >= 0.6 is 23.2 Å². The number of sulfone groups is 1. The standard InChI is InChI=1S/C23H20Cl2O3S2/c1-3-23-20-18(29(26)16-8-4-14(24)5-9-16)12-22(23,2)13-19(21(20)23)30(27,28)17-10-6-15(25)7-11-17/h4-13,20-21H,3H2,1-2H3. The van der Waals surface area contributed by atoms with Crippen LogP contribution in [0, 0.1) is 22.7 Å². The van der Waals surface area contributed by atoms with Crippen molar-refractivity contribution in [2.75, 3.05) is 0 Å². The van der Waals surface area contributed by atoms with Crippen molar-refractivity contribution in [1.82, 2.24) is 0 Å². The Bertz CT molecular complexity index is 1250. The van der Waals surface area contributed by atoms with Crippen molar-refractivity contribution in [3.8, 4) is 0 Å². The maximum atomic E-state index is 13.5. The van der Waals surface area contributed by atoms with Crippen LogP contribution in [-0.2, 0) is 20.6 Å². The fourth-order valence-electron chi connectivity index (χ4n) is 5.71. The number of hydrogen-bond donors (Lipinski definition) is 0. The Kier molecular flexibility index (Phi) is 4.48. The van der Waals surface area contributed by atoms with E-state index in [2.05, 4.69) is 13.8 Å². The first-order chi connectivity index (χ1) is 14.2. The lowest BCUT2D eigenvalue weighted by Gasteiger charge is -2.27. The smallest absolute Gasteiger partial charge is 0.202 e. The number of halogens is 2. The highest BCUT2D eigenvalue weighted by molar-refractivity contribution is 7.95. The van der Waals surface area contributed by atoms with Crippen LogP contribution in [0.2, 0.25) is 10.0 Å². The van der Waals surface area contributed by atoms with Crippen molar-refractivity contribution in [2.24, 2.45) is 22.7 Å². The monoisotopic (exact) mass is 478 g/mol. The highest BCUT2D eigenvalue weighted by Crippen LogP contribution is 2.84. The molecule has 3 aliphatic rings. The molecular formula is C23H20Cl2O3S2. The minimum Gasteiger partial charge on any atom is -0.249 e. The molecule has 5 unspecified atom stereocenters. The Labute approximate surface area is 189 Å². The second-order valence-corrected chi connectivity index (χ2v) is 12.7. The summed E-state index contributed by atoms with van der Waals surface area (Å²) in [6.45, 7) is 4.17. The molecule has 156 valence electrons. The van der Waals surface area contributed by atoms with Gasteiger partial charge in [0, 0.05) is 37.1 Å². The van der Waals surface area contributed by atoms with Gasteiger partial charge in [-0.05, 0) is 60.4 Å². The lowest BCUT2D eigenvalue weighted by atomic mass is 9.76. The molecule has 0 amide bonds. The third kappa shape index (κ3) is 2.56. The summed E-state index contributed by atoms with van der Waals surface area (Å²) in [5.41, 5.74) is -0.636. The molecule has 0 bridgehead atoms. The van der Waals surface area contributed by atoms with Crippen LogP contribution in [0.25, 0.3) is 0 Å². The van der Waals surface area contributed by atoms with Crippen molar-refractivity contribution >= 4 is 43.8 Å². The Balaban J connectivity index is 1.55. The molecule has 1 fully saturated rings. The zero-order valence-electron chi connectivity index (χ0n) is 16.4. The second-order valence-electron chi connectivity index (χ2n) is 8.41. The van der Waals surface area contributed by atoms with Crippen LogP contribution in [-0.4, -0.2) is 12.6 Å². The number of fused-ring (bicyclic) bond motifs is 1. The molecule has 0 N–H and O–H groups in total. The molecule has 0 spiro atoms. The molecule has 3 nitrogen and oxygen atoms in total. The zero-order chi connectivity index (χ0) is 21.5. The second kappa shape index (κ2) is 6.55. The maximum Gasteiger partial charge on any atom is 0.202 e. The van der Waals surface area contributed by atoms with Crippen LogP contribution < -0.4 is 0 Å². The molecule has 0 aromatic heterocycles. The van der Waals surface area contributed by atoms with Gasteiger partial charge in [0.15, 0.2) is 0 Å². The van der Waals surface area contributed by atoms with Gasteiger partial charge >= 0.3 is 0 Å². The van der Waals surface area contributed by atoms with Crippen LogP contribution in [0.4, 0.5) is 0 Å².